The van der Waals surface area contributed by atoms with Gasteiger partial charge in [-0.05, 0) is 52.4 Å². The zero-order chi connectivity index (χ0) is 47.5. The molecule has 3 heterocycles. The van der Waals surface area contributed by atoms with Crippen molar-refractivity contribution in [3.05, 3.63) is 117 Å². The summed E-state index contributed by atoms with van der Waals surface area (Å²) in [6, 6.07) is 21.5. The number of carbonyl (C=O) groups is 4. The molecule has 0 fully saturated rings. The lowest BCUT2D eigenvalue weighted by Gasteiger charge is -2.17. The molecule has 0 saturated heterocycles. The fourth-order valence-corrected chi connectivity index (χ4v) is 9.58. The van der Waals surface area contributed by atoms with Crippen molar-refractivity contribution in [1.82, 2.24) is 34.2 Å². The molecule has 7 rings (SSSR count). The Bertz CT molecular complexity index is 3000. The molecular weight excluding hydrogens is 1000 g/mol. The summed E-state index contributed by atoms with van der Waals surface area (Å²) in [6.45, 7) is 0.537. The van der Waals surface area contributed by atoms with Gasteiger partial charge in [0.2, 0.25) is 20.0 Å². The molecule has 0 bridgehead atoms. The van der Waals surface area contributed by atoms with Crippen LogP contribution >= 0.6 is 22.6 Å². The summed E-state index contributed by atoms with van der Waals surface area (Å²) in [5.74, 6) is 0.758. The maximum absolute atomic E-state index is 13.0. The first-order chi connectivity index (χ1) is 30.9. The molecule has 5 aromatic rings. The molecule has 0 unspecified atom stereocenters. The van der Waals surface area contributed by atoms with Crippen molar-refractivity contribution in [2.45, 2.75) is 30.3 Å². The minimum Gasteiger partial charge on any atom is -0.377 e. The molecule has 4 aromatic carbocycles. The third-order valence-corrected chi connectivity index (χ3v) is 13.8. The van der Waals surface area contributed by atoms with Crippen molar-refractivity contribution in [2.75, 3.05) is 64.2 Å². The Morgan fingerprint density at radius 2 is 1.15 bits per heavy atom. The molecule has 23 heteroatoms. The molecule has 4 amide bonds. The van der Waals surface area contributed by atoms with Gasteiger partial charge in [0.15, 0.2) is 0 Å². The maximum atomic E-state index is 13.0. The number of benzene rings is 4. The Morgan fingerprint density at radius 1 is 0.712 bits per heavy atom. The van der Waals surface area contributed by atoms with Gasteiger partial charge in [0.25, 0.3) is 23.6 Å². The molecule has 2 aliphatic heterocycles. The van der Waals surface area contributed by atoms with Crippen molar-refractivity contribution in [2.24, 2.45) is 5.11 Å². The van der Waals surface area contributed by atoms with E-state index in [1.165, 1.54) is 29.0 Å². The topological polar surface area (TPSA) is 253 Å². The highest BCUT2D eigenvalue weighted by Crippen LogP contribution is 2.31. The lowest BCUT2D eigenvalue weighted by molar-refractivity contribution is -0.138. The van der Waals surface area contributed by atoms with Crippen LogP contribution in [-0.2, 0) is 52.3 Å². The zero-order valence-corrected chi connectivity index (χ0v) is 39.3. The number of halogens is 1. The predicted octanol–water partition coefficient (Wildman–Crippen LogP) is 4.18. The van der Waals surface area contributed by atoms with Crippen LogP contribution in [0.1, 0.15) is 13.1 Å². The van der Waals surface area contributed by atoms with Gasteiger partial charge < -0.3 is 9.80 Å². The van der Waals surface area contributed by atoms with E-state index < -0.39 is 31.9 Å². The normalized spacial score (nSPS) is 13.2. The van der Waals surface area contributed by atoms with Gasteiger partial charge in [-0.25, -0.2) is 31.0 Å². The molecule has 0 saturated carbocycles. The number of sulfonamides is 2. The summed E-state index contributed by atoms with van der Waals surface area (Å²) >= 11 is 2.02. The van der Waals surface area contributed by atoms with Gasteiger partial charge in [-0.15, -0.1) is 11.5 Å². The van der Waals surface area contributed by atoms with Crippen LogP contribution in [-0.4, -0.2) is 120 Å². The number of rotatable bonds is 15. The van der Waals surface area contributed by atoms with Gasteiger partial charge in [0.05, 0.1) is 29.4 Å². The maximum Gasteiger partial charge on any atom is 0.254 e. The van der Waals surface area contributed by atoms with Crippen LogP contribution in [0.25, 0.3) is 32.0 Å². The van der Waals surface area contributed by atoms with E-state index in [1.807, 2.05) is 97.0 Å². The van der Waals surface area contributed by atoms with Crippen LogP contribution < -0.4 is 19.2 Å². The van der Waals surface area contributed by atoms with E-state index >= 15 is 0 Å². The largest absolute Gasteiger partial charge is 0.377 e. The van der Waals surface area contributed by atoms with Crippen molar-refractivity contribution in [3.63, 3.8) is 0 Å². The van der Waals surface area contributed by atoms with E-state index in [-0.39, 0.29) is 68.3 Å². The molecule has 0 atom stereocenters. The van der Waals surface area contributed by atoms with Crippen LogP contribution in [0.3, 0.4) is 0 Å². The standard InChI is InChI=1S/C21H21IN6O4S.C14H17N5O2S.C7H5NO2.CH4/c1-26(2)17-7-3-6-15-14(17)5-4-8-18(15)33(31,32)23-11-12-28-21(22)16(24-25-28)13-27-19(29)9-10-20(27)30;1-19(2)13-7-3-6-12-11(13)5-4-8-14(12)22(20,21)17-10-9-16-18-15;1-2-5-8-6(9)3-4-7(8)10;/h3-10,23H,11-13H2,1-2H3;3-8,17H,9-10H2,1-2H3;1,3-4H,5H2;1H4/i22-2;;;. The molecule has 66 heavy (non-hydrogen) atoms. The highest BCUT2D eigenvalue weighted by molar-refractivity contribution is 14.1. The van der Waals surface area contributed by atoms with E-state index in [9.17, 15) is 36.0 Å². The number of nitrogens with zero attached hydrogens (tertiary/aromatic N) is 10. The van der Waals surface area contributed by atoms with E-state index in [0.717, 1.165) is 31.9 Å². The highest BCUT2D eigenvalue weighted by Gasteiger charge is 2.27. The number of anilines is 2. The number of nitrogens with one attached hydrogen (secondary N) is 2. The smallest absolute Gasteiger partial charge is 0.254 e. The molecule has 0 spiro atoms. The molecular formula is C43H47IN12O8S2. The van der Waals surface area contributed by atoms with Crippen LogP contribution in [0, 0.1) is 16.0 Å². The van der Waals surface area contributed by atoms with Gasteiger partial charge in [-0.3, -0.25) is 29.0 Å². The number of aromatic nitrogens is 3. The summed E-state index contributed by atoms with van der Waals surface area (Å²) in [5, 5.41) is 14.4. The second-order valence-corrected chi connectivity index (χ2v) is 18.7. The number of hydrogen-bond acceptors (Lipinski definition) is 13. The van der Waals surface area contributed by atoms with Crippen molar-refractivity contribution in [1.29, 1.82) is 0 Å². The lowest BCUT2D eigenvalue weighted by atomic mass is 10.1. The first kappa shape index (κ1) is 51.9. The number of fused-ring (bicyclic) bond motifs is 2. The highest BCUT2D eigenvalue weighted by atomic mass is 125. The van der Waals surface area contributed by atoms with Gasteiger partial charge in [-0.1, -0.05) is 72.2 Å². The molecule has 0 aliphatic carbocycles. The van der Waals surface area contributed by atoms with E-state index in [2.05, 4.69) is 35.7 Å². The summed E-state index contributed by atoms with van der Waals surface area (Å²) < 4.78 is 58.2. The third kappa shape index (κ3) is 12.4. The fraction of sp³-hybridized carbons (Fsp3) is 0.256. The number of hydrogen-bond donors (Lipinski definition) is 2. The van der Waals surface area contributed by atoms with Crippen molar-refractivity contribution < 1.29 is 36.0 Å². The molecule has 2 N–H and O–H groups in total. The summed E-state index contributed by atoms with van der Waals surface area (Å²) in [6.07, 6.45) is 9.75. The fourth-order valence-electron chi connectivity index (χ4n) is 6.49. The Kier molecular flexibility index (Phi) is 18.1. The number of imide groups is 2. The SMILES string of the molecule is C.C#CCN1C(=O)C=CC1=O.CN(C)c1cccc2c(S(=O)(=O)NCCN=[N+]=[N-])cccc12.CN(C)c1cccc2c(S(=O)(=O)NCCn3nnc(CN4C(=O)C=CC4=O)c3[125I])cccc12. The first-order valence-electron chi connectivity index (χ1n) is 19.4. The Balaban J connectivity index is 0.000000247. The van der Waals surface area contributed by atoms with Crippen LogP contribution in [0.4, 0.5) is 11.4 Å². The summed E-state index contributed by atoms with van der Waals surface area (Å²) in [5.41, 5.74) is 10.6. The van der Waals surface area contributed by atoms with Gasteiger partial charge in [0.1, 0.15) is 9.39 Å². The van der Waals surface area contributed by atoms with Crippen LogP contribution in [0.2, 0.25) is 0 Å². The second kappa shape index (κ2) is 23.0. The van der Waals surface area contributed by atoms with Gasteiger partial charge in [-0.2, -0.15) is 0 Å². The minimum atomic E-state index is -3.78. The number of carbonyl (C=O) groups excluding carboxylic acids is 4. The third-order valence-electron chi connectivity index (χ3n) is 9.54. The van der Waals surface area contributed by atoms with Crippen molar-refractivity contribution in [3.8, 4) is 12.3 Å². The molecule has 346 valence electrons. The van der Waals surface area contributed by atoms with Gasteiger partial charge >= 0.3 is 0 Å². The van der Waals surface area contributed by atoms with E-state index in [0.29, 0.717) is 20.2 Å². The molecule has 2 aliphatic rings. The zero-order valence-electron chi connectivity index (χ0n) is 35.5. The number of terminal acetylenes is 1. The first-order valence-corrected chi connectivity index (χ1v) is 23.4. The molecule has 1 aromatic heterocycles. The second-order valence-electron chi connectivity index (χ2n) is 14.2. The average Bonchev–Trinajstić information content (AvgIpc) is 3.91. The van der Waals surface area contributed by atoms with Gasteiger partial charge in [0, 0.05) is 110 Å². The molecule has 20 nitrogen and oxygen atoms in total. The lowest BCUT2D eigenvalue weighted by Crippen LogP contribution is -2.30. The average molecular weight is 1050 g/mol. The number of amides is 4. The quantitative estimate of drug-likeness (QED) is 0.0285. The summed E-state index contributed by atoms with van der Waals surface area (Å²) in [4.78, 5) is 53.9. The Hall–Kier alpha value is -6.68. The van der Waals surface area contributed by atoms with Crippen molar-refractivity contribution >= 4 is 99.2 Å². The minimum absolute atomic E-state index is 0. The Labute approximate surface area is 396 Å². The monoisotopic (exact) mass is 1050 g/mol. The van der Waals surface area contributed by atoms with E-state index in [1.54, 1.807) is 36.4 Å². The number of azide groups is 1. The summed E-state index contributed by atoms with van der Waals surface area (Å²) in [7, 11) is 0.205. The predicted molar refractivity (Wildman–Crippen MR) is 260 cm³/mol. The van der Waals surface area contributed by atoms with Crippen LogP contribution in [0.5, 0.6) is 0 Å². The Morgan fingerprint density at radius 3 is 1.61 bits per heavy atom. The van der Waals surface area contributed by atoms with E-state index in [4.69, 9.17) is 12.0 Å². The van der Waals surface area contributed by atoms with Crippen LogP contribution in [0.15, 0.2) is 112 Å². The molecule has 0 radical (unpaired) electrons.